The highest BCUT2D eigenvalue weighted by Crippen LogP contribution is 2.44. The van der Waals surface area contributed by atoms with E-state index in [1.807, 2.05) is 28.9 Å². The number of aromatic nitrogens is 1. The first-order valence-corrected chi connectivity index (χ1v) is 11.9. The van der Waals surface area contributed by atoms with Gasteiger partial charge in [-0.2, -0.15) is 0 Å². The minimum Gasteiger partial charge on any atom is -0.255 e. The predicted octanol–water partition coefficient (Wildman–Crippen LogP) is 8.78. The van der Waals surface area contributed by atoms with Gasteiger partial charge >= 0.3 is 0 Å². The molecule has 0 aliphatic heterocycles. The second-order valence-electron chi connectivity index (χ2n) is 8.91. The normalized spacial score (nSPS) is 12.5. The fourth-order valence-corrected chi connectivity index (χ4v) is 6.73. The zero-order valence-corrected chi connectivity index (χ0v) is 18.8. The third-order valence-corrected chi connectivity index (χ3v) is 8.04. The molecule has 3 heteroatoms. The topological polar surface area (TPSA) is 12.9 Å². The van der Waals surface area contributed by atoms with Gasteiger partial charge in [0.05, 0.1) is 10.4 Å². The van der Waals surface area contributed by atoms with Crippen LogP contribution in [-0.2, 0) is 5.41 Å². The molecule has 0 N–H and O–H groups in total. The van der Waals surface area contributed by atoms with E-state index in [1.54, 1.807) is 0 Å². The van der Waals surface area contributed by atoms with E-state index in [2.05, 4.69) is 86.8 Å². The van der Waals surface area contributed by atoms with Crippen LogP contribution < -0.4 is 0 Å². The van der Waals surface area contributed by atoms with E-state index in [9.17, 15) is 0 Å². The predicted molar refractivity (Wildman–Crippen MR) is 134 cm³/mol. The first-order valence-electron chi connectivity index (χ1n) is 10.2. The monoisotopic (exact) mass is 423 g/mol. The van der Waals surface area contributed by atoms with Gasteiger partial charge in [0.15, 0.2) is 0 Å². The van der Waals surface area contributed by atoms with Crippen LogP contribution in [0.4, 0.5) is 0 Å². The molecule has 0 aliphatic rings. The summed E-state index contributed by atoms with van der Waals surface area (Å²) < 4.78 is 4.00. The molecular weight excluding hydrogens is 402 g/mol. The summed E-state index contributed by atoms with van der Waals surface area (Å²) in [6.07, 6.45) is 1.97. The average Bonchev–Trinajstić information content (AvgIpc) is 3.35. The number of nitrogens with zero attached hydrogens (tertiary/aromatic N) is 1. The van der Waals surface area contributed by atoms with E-state index >= 15 is 0 Å². The second kappa shape index (κ2) is 6.37. The second-order valence-corrected chi connectivity index (χ2v) is 10.9. The molecule has 6 aromatic rings. The first-order chi connectivity index (χ1) is 14.5. The Morgan fingerprint density at radius 2 is 1.67 bits per heavy atom. The molecule has 0 atom stereocenters. The molecule has 0 spiro atoms. The molecule has 3 heterocycles. The quantitative estimate of drug-likeness (QED) is 0.257. The summed E-state index contributed by atoms with van der Waals surface area (Å²) in [6.45, 7) is 6.87. The van der Waals surface area contributed by atoms with Crippen molar-refractivity contribution in [3.8, 4) is 11.3 Å². The average molecular weight is 424 g/mol. The van der Waals surface area contributed by atoms with Gasteiger partial charge in [-0.3, -0.25) is 4.98 Å². The summed E-state index contributed by atoms with van der Waals surface area (Å²) in [7, 11) is 0. The highest BCUT2D eigenvalue weighted by Gasteiger charge is 2.20. The van der Waals surface area contributed by atoms with Crippen LogP contribution in [0.5, 0.6) is 0 Å². The van der Waals surface area contributed by atoms with Crippen molar-refractivity contribution in [3.63, 3.8) is 0 Å². The molecule has 30 heavy (non-hydrogen) atoms. The summed E-state index contributed by atoms with van der Waals surface area (Å²) in [4.78, 5) is 4.88. The molecule has 0 fully saturated rings. The Kier molecular flexibility index (Phi) is 3.83. The number of fused-ring (bicyclic) bond motifs is 6. The van der Waals surface area contributed by atoms with Gasteiger partial charge in [-0.1, -0.05) is 51.1 Å². The van der Waals surface area contributed by atoms with Crippen molar-refractivity contribution in [1.29, 1.82) is 0 Å². The Bertz CT molecular complexity index is 1580. The SMILES string of the molecule is CC(C)(C)c1cc(-c2nccc3c2sc2ccc4ccsc4c23)cc2ccccc12. The maximum absolute atomic E-state index is 4.88. The van der Waals surface area contributed by atoms with Crippen LogP contribution >= 0.6 is 22.7 Å². The van der Waals surface area contributed by atoms with Crippen LogP contribution in [0.1, 0.15) is 26.3 Å². The first kappa shape index (κ1) is 18.1. The zero-order chi connectivity index (χ0) is 20.5. The van der Waals surface area contributed by atoms with E-state index in [4.69, 9.17) is 4.98 Å². The maximum atomic E-state index is 4.88. The highest BCUT2D eigenvalue weighted by molar-refractivity contribution is 7.27. The van der Waals surface area contributed by atoms with Crippen molar-refractivity contribution < 1.29 is 0 Å². The van der Waals surface area contributed by atoms with E-state index in [1.165, 1.54) is 52.2 Å². The summed E-state index contributed by atoms with van der Waals surface area (Å²) in [5, 5.41) is 8.82. The lowest BCUT2D eigenvalue weighted by atomic mass is 9.82. The Labute approximate surface area is 183 Å². The van der Waals surface area contributed by atoms with Gasteiger partial charge in [0, 0.05) is 31.9 Å². The largest absolute Gasteiger partial charge is 0.255 e. The van der Waals surface area contributed by atoms with Gasteiger partial charge in [-0.25, -0.2) is 0 Å². The molecular formula is C27H21NS2. The number of thiophene rings is 2. The fourth-order valence-electron chi connectivity index (χ4n) is 4.49. The number of hydrogen-bond acceptors (Lipinski definition) is 3. The summed E-state index contributed by atoms with van der Waals surface area (Å²) in [6, 6.07) is 22.3. The summed E-state index contributed by atoms with van der Waals surface area (Å²) in [5.41, 5.74) is 3.73. The van der Waals surface area contributed by atoms with Crippen LogP contribution in [0.3, 0.4) is 0 Å². The molecule has 0 aliphatic carbocycles. The molecule has 3 aromatic carbocycles. The number of hydrogen-bond donors (Lipinski definition) is 0. The van der Waals surface area contributed by atoms with Gasteiger partial charge in [0.2, 0.25) is 0 Å². The van der Waals surface area contributed by atoms with Gasteiger partial charge in [-0.05, 0) is 62.8 Å². The molecule has 0 bridgehead atoms. The minimum absolute atomic E-state index is 0.0623. The summed E-state index contributed by atoms with van der Waals surface area (Å²) in [5.74, 6) is 0. The molecule has 0 saturated carbocycles. The standard InChI is InChI=1S/C27H21NS2/c1-27(2,3)21-15-18(14-17-6-4-5-7-19(17)21)24-26-20(10-12-28-24)23-22(30-26)9-8-16-11-13-29-25(16)23/h4-15H,1-3H3. The van der Waals surface area contributed by atoms with E-state index in [0.29, 0.717) is 0 Å². The molecule has 0 radical (unpaired) electrons. The molecule has 0 unspecified atom stereocenters. The zero-order valence-electron chi connectivity index (χ0n) is 17.2. The van der Waals surface area contributed by atoms with E-state index in [-0.39, 0.29) is 5.41 Å². The van der Waals surface area contributed by atoms with Gasteiger partial charge in [0.1, 0.15) is 0 Å². The van der Waals surface area contributed by atoms with Gasteiger partial charge in [0.25, 0.3) is 0 Å². The Balaban J connectivity index is 1.71. The molecule has 3 aromatic heterocycles. The van der Waals surface area contributed by atoms with Crippen LogP contribution in [-0.4, -0.2) is 4.98 Å². The van der Waals surface area contributed by atoms with Crippen molar-refractivity contribution in [2.75, 3.05) is 0 Å². The molecule has 146 valence electrons. The van der Waals surface area contributed by atoms with Crippen LogP contribution in [0.2, 0.25) is 0 Å². The van der Waals surface area contributed by atoms with Crippen LogP contribution in [0, 0.1) is 0 Å². The maximum Gasteiger partial charge on any atom is 0.0880 e. The highest BCUT2D eigenvalue weighted by atomic mass is 32.1. The summed E-state index contributed by atoms with van der Waals surface area (Å²) >= 11 is 3.70. The minimum atomic E-state index is 0.0623. The van der Waals surface area contributed by atoms with Crippen molar-refractivity contribution in [3.05, 3.63) is 77.8 Å². The molecule has 0 saturated heterocycles. The third-order valence-electron chi connectivity index (χ3n) is 5.91. The number of pyridine rings is 1. The van der Waals surface area contributed by atoms with Crippen molar-refractivity contribution in [1.82, 2.24) is 4.98 Å². The van der Waals surface area contributed by atoms with Gasteiger partial charge < -0.3 is 0 Å². The van der Waals surface area contributed by atoms with Gasteiger partial charge in [-0.15, -0.1) is 22.7 Å². The molecule has 1 nitrogen and oxygen atoms in total. The van der Waals surface area contributed by atoms with Crippen molar-refractivity contribution in [2.24, 2.45) is 0 Å². The fraction of sp³-hybridized carbons (Fsp3) is 0.148. The lowest BCUT2D eigenvalue weighted by Gasteiger charge is -2.22. The molecule has 0 amide bonds. The number of benzene rings is 3. The molecule has 6 rings (SSSR count). The lowest BCUT2D eigenvalue weighted by Crippen LogP contribution is -2.12. The van der Waals surface area contributed by atoms with Crippen molar-refractivity contribution >= 4 is 63.7 Å². The number of rotatable bonds is 1. The lowest BCUT2D eigenvalue weighted by molar-refractivity contribution is 0.596. The third kappa shape index (κ3) is 2.62. The van der Waals surface area contributed by atoms with Crippen molar-refractivity contribution in [2.45, 2.75) is 26.2 Å². The van der Waals surface area contributed by atoms with E-state index < -0.39 is 0 Å². The van der Waals surface area contributed by atoms with E-state index in [0.717, 1.165) is 5.69 Å². The smallest absolute Gasteiger partial charge is 0.0880 e. The Morgan fingerprint density at radius 1 is 0.800 bits per heavy atom. The Hall–Kier alpha value is -2.75. The Morgan fingerprint density at radius 3 is 2.53 bits per heavy atom. The van der Waals surface area contributed by atoms with Crippen LogP contribution in [0.15, 0.2) is 72.2 Å². The van der Waals surface area contributed by atoms with Crippen LogP contribution in [0.25, 0.3) is 52.3 Å².